The van der Waals surface area contributed by atoms with E-state index in [0.29, 0.717) is 18.8 Å². The number of carbonyl (C=O) groups is 2. The van der Waals surface area contributed by atoms with Crippen molar-refractivity contribution in [3.8, 4) is 0 Å². The fourth-order valence-electron chi connectivity index (χ4n) is 2.69. The molecule has 0 aliphatic carbocycles. The molecule has 6 heteroatoms. The van der Waals surface area contributed by atoms with E-state index < -0.39 is 0 Å². The van der Waals surface area contributed by atoms with Gasteiger partial charge in [-0.2, -0.15) is 0 Å². The Kier molecular flexibility index (Phi) is 4.40. The largest absolute Gasteiger partial charge is 0.285 e. The smallest absolute Gasteiger partial charge is 0.265 e. The molecule has 0 bridgehead atoms. The SMILES string of the molecule is CCN1C(=O)C(=Cc2ccc3ccccc3n2)C(=O)N(CC)C1=S. The number of rotatable bonds is 3. The molecule has 24 heavy (non-hydrogen) atoms. The van der Waals surface area contributed by atoms with E-state index >= 15 is 0 Å². The Morgan fingerprint density at radius 2 is 1.62 bits per heavy atom. The van der Waals surface area contributed by atoms with E-state index in [2.05, 4.69) is 4.98 Å². The highest BCUT2D eigenvalue weighted by atomic mass is 32.1. The first-order valence-corrected chi connectivity index (χ1v) is 8.22. The highest BCUT2D eigenvalue weighted by molar-refractivity contribution is 7.80. The summed E-state index contributed by atoms with van der Waals surface area (Å²) in [5.74, 6) is -0.737. The number of carbonyl (C=O) groups excluding carboxylic acids is 2. The summed E-state index contributed by atoms with van der Waals surface area (Å²) in [4.78, 5) is 32.6. The van der Waals surface area contributed by atoms with Gasteiger partial charge in [0.1, 0.15) is 5.57 Å². The monoisotopic (exact) mass is 339 g/mol. The third-order valence-corrected chi connectivity index (χ3v) is 4.40. The average molecular weight is 339 g/mol. The van der Waals surface area contributed by atoms with Crippen LogP contribution in [0.5, 0.6) is 0 Å². The van der Waals surface area contributed by atoms with E-state index in [0.717, 1.165) is 10.9 Å². The maximum Gasteiger partial charge on any atom is 0.265 e. The minimum absolute atomic E-state index is 0.0927. The maximum absolute atomic E-state index is 12.6. The van der Waals surface area contributed by atoms with Crippen LogP contribution in [0.2, 0.25) is 0 Å². The van der Waals surface area contributed by atoms with Crippen LogP contribution >= 0.6 is 12.2 Å². The molecule has 0 saturated carbocycles. The fraction of sp³-hybridized carbons (Fsp3) is 0.222. The number of hydrogen-bond acceptors (Lipinski definition) is 4. The van der Waals surface area contributed by atoms with Crippen molar-refractivity contribution >= 4 is 46.1 Å². The van der Waals surface area contributed by atoms with Crippen molar-refractivity contribution in [2.75, 3.05) is 13.1 Å². The lowest BCUT2D eigenvalue weighted by Crippen LogP contribution is -2.55. The molecule has 1 saturated heterocycles. The molecule has 122 valence electrons. The zero-order valence-corrected chi connectivity index (χ0v) is 14.3. The average Bonchev–Trinajstić information content (AvgIpc) is 2.59. The number of pyridine rings is 1. The summed E-state index contributed by atoms with van der Waals surface area (Å²) >= 11 is 5.25. The molecule has 1 aromatic heterocycles. The van der Waals surface area contributed by atoms with Gasteiger partial charge in [0.15, 0.2) is 5.11 Å². The second kappa shape index (κ2) is 6.49. The summed E-state index contributed by atoms with van der Waals surface area (Å²) < 4.78 is 0. The summed E-state index contributed by atoms with van der Waals surface area (Å²) in [5.41, 5.74) is 1.48. The quantitative estimate of drug-likeness (QED) is 0.490. The molecule has 2 amide bonds. The van der Waals surface area contributed by atoms with Gasteiger partial charge in [0.05, 0.1) is 11.2 Å². The normalized spacial score (nSPS) is 15.4. The van der Waals surface area contributed by atoms with E-state index in [-0.39, 0.29) is 22.5 Å². The molecule has 1 aliphatic rings. The predicted octanol–water partition coefficient (Wildman–Crippen LogP) is 2.61. The van der Waals surface area contributed by atoms with Gasteiger partial charge in [-0.05, 0) is 44.3 Å². The van der Waals surface area contributed by atoms with Crippen LogP contribution in [0.1, 0.15) is 19.5 Å². The van der Waals surface area contributed by atoms with E-state index in [4.69, 9.17) is 12.2 Å². The number of likely N-dealkylation sites (N-methyl/N-ethyl adjacent to an activating group) is 2. The molecule has 0 radical (unpaired) electrons. The van der Waals surface area contributed by atoms with Gasteiger partial charge < -0.3 is 0 Å². The number of fused-ring (bicyclic) bond motifs is 1. The van der Waals surface area contributed by atoms with Crippen LogP contribution < -0.4 is 0 Å². The van der Waals surface area contributed by atoms with Crippen LogP contribution in [-0.2, 0) is 9.59 Å². The molecule has 0 N–H and O–H groups in total. The molecule has 1 aromatic carbocycles. The first-order valence-electron chi connectivity index (χ1n) is 7.82. The van der Waals surface area contributed by atoms with Crippen molar-refractivity contribution in [2.45, 2.75) is 13.8 Å². The van der Waals surface area contributed by atoms with Crippen molar-refractivity contribution in [3.63, 3.8) is 0 Å². The van der Waals surface area contributed by atoms with Gasteiger partial charge in [0.25, 0.3) is 11.8 Å². The molecule has 0 spiro atoms. The first-order chi connectivity index (χ1) is 11.6. The van der Waals surface area contributed by atoms with Crippen molar-refractivity contribution in [1.29, 1.82) is 0 Å². The zero-order chi connectivity index (χ0) is 17.3. The number of benzene rings is 1. The van der Waals surface area contributed by atoms with Crippen molar-refractivity contribution < 1.29 is 9.59 Å². The van der Waals surface area contributed by atoms with Crippen LogP contribution in [0.4, 0.5) is 0 Å². The van der Waals surface area contributed by atoms with Gasteiger partial charge in [-0.15, -0.1) is 0 Å². The van der Waals surface area contributed by atoms with E-state index in [1.807, 2.05) is 44.2 Å². The number of aromatic nitrogens is 1. The Bertz CT molecular complexity index is 847. The van der Waals surface area contributed by atoms with Crippen molar-refractivity contribution in [3.05, 3.63) is 47.7 Å². The minimum Gasteiger partial charge on any atom is -0.285 e. The first kappa shape index (κ1) is 16.3. The second-order valence-electron chi connectivity index (χ2n) is 5.37. The molecular weight excluding hydrogens is 322 g/mol. The topological polar surface area (TPSA) is 53.5 Å². The van der Waals surface area contributed by atoms with Gasteiger partial charge in [-0.1, -0.05) is 24.3 Å². The highest BCUT2D eigenvalue weighted by Crippen LogP contribution is 2.20. The van der Waals surface area contributed by atoms with Gasteiger partial charge in [-0.25, -0.2) is 4.98 Å². The second-order valence-corrected chi connectivity index (χ2v) is 5.73. The Balaban J connectivity index is 2.06. The van der Waals surface area contributed by atoms with Gasteiger partial charge in [0, 0.05) is 18.5 Å². The van der Waals surface area contributed by atoms with Gasteiger partial charge >= 0.3 is 0 Å². The Hall–Kier alpha value is -2.60. The summed E-state index contributed by atoms with van der Waals surface area (Å²) in [6.45, 7) is 4.51. The molecule has 0 unspecified atom stereocenters. The molecule has 1 fully saturated rings. The number of nitrogens with zero attached hydrogens (tertiary/aromatic N) is 3. The number of amides is 2. The Labute approximate surface area is 145 Å². The fourth-order valence-corrected chi connectivity index (χ4v) is 3.12. The molecule has 0 atom stereocenters. The lowest BCUT2D eigenvalue weighted by molar-refractivity contribution is -0.133. The van der Waals surface area contributed by atoms with Gasteiger partial charge in [0.2, 0.25) is 0 Å². The third-order valence-electron chi connectivity index (χ3n) is 3.96. The molecule has 5 nitrogen and oxygen atoms in total. The Morgan fingerprint density at radius 1 is 1.00 bits per heavy atom. The summed E-state index contributed by atoms with van der Waals surface area (Å²) in [5, 5.41) is 1.27. The minimum atomic E-state index is -0.368. The number of hydrogen-bond donors (Lipinski definition) is 0. The Morgan fingerprint density at radius 3 is 2.25 bits per heavy atom. The summed E-state index contributed by atoms with van der Waals surface area (Å²) in [6, 6.07) is 11.4. The van der Waals surface area contributed by atoms with Crippen LogP contribution in [0.3, 0.4) is 0 Å². The number of para-hydroxylation sites is 1. The summed E-state index contributed by atoms with van der Waals surface area (Å²) in [6.07, 6.45) is 1.55. The van der Waals surface area contributed by atoms with Crippen molar-refractivity contribution in [1.82, 2.24) is 14.8 Å². The predicted molar refractivity (Wildman–Crippen MR) is 97.1 cm³/mol. The maximum atomic E-state index is 12.6. The van der Waals surface area contributed by atoms with E-state index in [9.17, 15) is 9.59 Å². The van der Waals surface area contributed by atoms with Gasteiger partial charge in [-0.3, -0.25) is 19.4 Å². The molecule has 3 rings (SSSR count). The number of thiocarbonyl (C=S) groups is 1. The van der Waals surface area contributed by atoms with Crippen LogP contribution in [-0.4, -0.2) is 44.8 Å². The standard InChI is InChI=1S/C18H17N3O2S/c1-3-20-16(22)14(17(23)21(4-2)18(20)24)11-13-10-9-12-7-5-6-8-15(12)19-13/h5-11H,3-4H2,1-2H3. The van der Waals surface area contributed by atoms with E-state index in [1.54, 1.807) is 12.1 Å². The molecule has 2 aromatic rings. The zero-order valence-electron chi connectivity index (χ0n) is 13.5. The third kappa shape index (κ3) is 2.69. The van der Waals surface area contributed by atoms with Crippen LogP contribution in [0.25, 0.3) is 17.0 Å². The van der Waals surface area contributed by atoms with E-state index in [1.165, 1.54) is 9.80 Å². The molecule has 2 heterocycles. The summed E-state index contributed by atoms with van der Waals surface area (Å²) in [7, 11) is 0. The lowest BCUT2D eigenvalue weighted by atomic mass is 10.1. The molecule has 1 aliphatic heterocycles. The van der Waals surface area contributed by atoms with Crippen LogP contribution in [0, 0.1) is 0 Å². The molecular formula is C18H17N3O2S. The highest BCUT2D eigenvalue weighted by Gasteiger charge is 2.37. The lowest BCUT2D eigenvalue weighted by Gasteiger charge is -2.35. The van der Waals surface area contributed by atoms with Crippen molar-refractivity contribution in [2.24, 2.45) is 0 Å². The van der Waals surface area contributed by atoms with Crippen LogP contribution in [0.15, 0.2) is 42.0 Å².